The summed E-state index contributed by atoms with van der Waals surface area (Å²) in [6.45, 7) is 3.16. The van der Waals surface area contributed by atoms with Gasteiger partial charge in [0.05, 0.1) is 4.90 Å². The summed E-state index contributed by atoms with van der Waals surface area (Å²) in [6.07, 6.45) is 0.643. The van der Waals surface area contributed by atoms with Gasteiger partial charge in [0.1, 0.15) is 5.75 Å². The quantitative estimate of drug-likeness (QED) is 0.637. The molecule has 0 saturated carbocycles. The van der Waals surface area contributed by atoms with Gasteiger partial charge in [-0.2, -0.15) is 8.42 Å². The molecule has 0 aliphatic heterocycles. The van der Waals surface area contributed by atoms with Crippen molar-refractivity contribution in [3.63, 3.8) is 0 Å². The number of hydrogen-bond acceptors (Lipinski definition) is 4. The molecule has 0 spiro atoms. The van der Waals surface area contributed by atoms with Crippen molar-refractivity contribution < 1.29 is 22.5 Å². The Morgan fingerprint density at radius 2 is 1.75 bits per heavy atom. The Hall–Kier alpha value is -1.40. The third kappa shape index (κ3) is 3.32. The lowest BCUT2D eigenvalue weighted by Gasteiger charge is -2.19. The summed E-state index contributed by atoms with van der Waals surface area (Å²) in [5, 5.41) is 0. The SMILES string of the molecule is CC(C)(C=O)Oc1ccc(S(=O)(=O)O)cc1. The summed E-state index contributed by atoms with van der Waals surface area (Å²) in [7, 11) is -4.19. The molecule has 16 heavy (non-hydrogen) atoms. The minimum atomic E-state index is -4.19. The summed E-state index contributed by atoms with van der Waals surface area (Å²) in [5.74, 6) is 0.351. The molecule has 0 atom stereocenters. The Labute approximate surface area is 93.8 Å². The maximum Gasteiger partial charge on any atom is 0.294 e. The molecule has 1 aromatic carbocycles. The number of ether oxygens (including phenoxy) is 1. The molecule has 0 amide bonds. The van der Waals surface area contributed by atoms with Crippen molar-refractivity contribution in [1.29, 1.82) is 0 Å². The maximum absolute atomic E-state index is 10.7. The average Bonchev–Trinajstić information content (AvgIpc) is 2.16. The zero-order chi connectivity index (χ0) is 12.4. The van der Waals surface area contributed by atoms with E-state index in [4.69, 9.17) is 9.29 Å². The fraction of sp³-hybridized carbons (Fsp3) is 0.300. The van der Waals surface area contributed by atoms with Crippen LogP contribution in [0.3, 0.4) is 0 Å². The molecule has 0 heterocycles. The van der Waals surface area contributed by atoms with Gasteiger partial charge in [-0.05, 0) is 38.1 Å². The lowest BCUT2D eigenvalue weighted by atomic mass is 10.2. The lowest BCUT2D eigenvalue weighted by molar-refractivity contribution is -0.119. The molecule has 1 aromatic rings. The molecule has 0 fully saturated rings. The van der Waals surface area contributed by atoms with Crippen molar-refractivity contribution in [3.05, 3.63) is 24.3 Å². The second-order valence-corrected chi connectivity index (χ2v) is 5.19. The van der Waals surface area contributed by atoms with E-state index in [-0.39, 0.29) is 4.90 Å². The Balaban J connectivity index is 2.93. The summed E-state index contributed by atoms with van der Waals surface area (Å²) < 4.78 is 35.5. The third-order valence-electron chi connectivity index (χ3n) is 1.79. The van der Waals surface area contributed by atoms with E-state index in [0.29, 0.717) is 12.0 Å². The van der Waals surface area contributed by atoms with Crippen LogP contribution >= 0.6 is 0 Å². The van der Waals surface area contributed by atoms with Crippen LogP contribution in [-0.4, -0.2) is 24.9 Å². The van der Waals surface area contributed by atoms with Gasteiger partial charge in [0.2, 0.25) is 0 Å². The highest BCUT2D eigenvalue weighted by Gasteiger charge is 2.18. The van der Waals surface area contributed by atoms with Gasteiger partial charge < -0.3 is 4.74 Å². The van der Waals surface area contributed by atoms with Gasteiger partial charge in [0.25, 0.3) is 10.1 Å². The van der Waals surface area contributed by atoms with E-state index in [1.165, 1.54) is 24.3 Å². The molecule has 0 bridgehead atoms. The molecule has 1 rings (SSSR count). The van der Waals surface area contributed by atoms with Crippen LogP contribution in [0.1, 0.15) is 13.8 Å². The molecule has 0 unspecified atom stereocenters. The minimum absolute atomic E-state index is 0.219. The fourth-order valence-corrected chi connectivity index (χ4v) is 1.49. The fourth-order valence-electron chi connectivity index (χ4n) is 1.01. The van der Waals surface area contributed by atoms with E-state index < -0.39 is 15.7 Å². The number of carbonyl (C=O) groups excluding carboxylic acids is 1. The highest BCUT2D eigenvalue weighted by Crippen LogP contribution is 2.19. The Morgan fingerprint density at radius 3 is 2.12 bits per heavy atom. The average molecular weight is 244 g/mol. The highest BCUT2D eigenvalue weighted by molar-refractivity contribution is 7.85. The molecule has 6 heteroatoms. The number of carbonyl (C=O) groups is 1. The van der Waals surface area contributed by atoms with Crippen LogP contribution < -0.4 is 4.74 Å². The molecule has 0 saturated heterocycles. The van der Waals surface area contributed by atoms with E-state index in [2.05, 4.69) is 0 Å². The first-order chi connectivity index (χ1) is 7.24. The first-order valence-electron chi connectivity index (χ1n) is 4.47. The maximum atomic E-state index is 10.7. The highest BCUT2D eigenvalue weighted by atomic mass is 32.2. The van der Waals surface area contributed by atoms with Gasteiger partial charge in [0, 0.05) is 0 Å². The summed E-state index contributed by atoms with van der Waals surface area (Å²) in [4.78, 5) is 10.4. The van der Waals surface area contributed by atoms with Crippen LogP contribution in [0.5, 0.6) is 5.75 Å². The van der Waals surface area contributed by atoms with Crippen molar-refractivity contribution in [2.75, 3.05) is 0 Å². The van der Waals surface area contributed by atoms with E-state index in [1.807, 2.05) is 0 Å². The Bertz CT molecular complexity index is 472. The number of rotatable bonds is 4. The van der Waals surface area contributed by atoms with E-state index >= 15 is 0 Å². The predicted octanol–water partition coefficient (Wildman–Crippen LogP) is 1.29. The largest absolute Gasteiger partial charge is 0.480 e. The number of hydrogen-bond donors (Lipinski definition) is 1. The summed E-state index contributed by atoms with van der Waals surface area (Å²) >= 11 is 0. The monoisotopic (exact) mass is 244 g/mol. The number of aldehydes is 1. The molecular weight excluding hydrogens is 232 g/mol. The Kier molecular flexibility index (Phi) is 3.35. The van der Waals surface area contributed by atoms with Gasteiger partial charge in [0.15, 0.2) is 11.9 Å². The van der Waals surface area contributed by atoms with Gasteiger partial charge in [-0.25, -0.2) is 0 Å². The molecule has 0 aromatic heterocycles. The van der Waals surface area contributed by atoms with Gasteiger partial charge >= 0.3 is 0 Å². The van der Waals surface area contributed by atoms with Crippen molar-refractivity contribution in [2.45, 2.75) is 24.3 Å². The predicted molar refractivity (Wildman–Crippen MR) is 57.0 cm³/mol. The van der Waals surface area contributed by atoms with Crippen molar-refractivity contribution >= 4 is 16.4 Å². The van der Waals surface area contributed by atoms with Crippen LogP contribution in [0.2, 0.25) is 0 Å². The van der Waals surface area contributed by atoms with Crippen LogP contribution in [-0.2, 0) is 14.9 Å². The van der Waals surface area contributed by atoms with E-state index in [0.717, 1.165) is 0 Å². The zero-order valence-electron chi connectivity index (χ0n) is 8.88. The molecule has 0 aliphatic carbocycles. The van der Waals surface area contributed by atoms with Gasteiger partial charge in [-0.15, -0.1) is 0 Å². The van der Waals surface area contributed by atoms with E-state index in [9.17, 15) is 13.2 Å². The smallest absolute Gasteiger partial charge is 0.294 e. The molecule has 0 aliphatic rings. The first-order valence-corrected chi connectivity index (χ1v) is 5.91. The van der Waals surface area contributed by atoms with Crippen LogP contribution in [0.25, 0.3) is 0 Å². The summed E-state index contributed by atoms with van der Waals surface area (Å²) in [5.41, 5.74) is -0.973. The second-order valence-electron chi connectivity index (χ2n) is 3.77. The topological polar surface area (TPSA) is 80.7 Å². The van der Waals surface area contributed by atoms with Crippen LogP contribution in [0, 0.1) is 0 Å². The molecule has 88 valence electrons. The molecule has 1 N–H and O–H groups in total. The van der Waals surface area contributed by atoms with Crippen molar-refractivity contribution in [3.8, 4) is 5.75 Å². The zero-order valence-corrected chi connectivity index (χ0v) is 9.69. The lowest BCUT2D eigenvalue weighted by Crippen LogP contribution is -2.29. The van der Waals surface area contributed by atoms with Crippen LogP contribution in [0.15, 0.2) is 29.2 Å². The van der Waals surface area contributed by atoms with Crippen molar-refractivity contribution in [2.24, 2.45) is 0 Å². The van der Waals surface area contributed by atoms with E-state index in [1.54, 1.807) is 13.8 Å². The third-order valence-corrected chi connectivity index (χ3v) is 2.65. The number of benzene rings is 1. The Morgan fingerprint density at radius 1 is 1.25 bits per heavy atom. The van der Waals surface area contributed by atoms with Crippen LogP contribution in [0.4, 0.5) is 0 Å². The van der Waals surface area contributed by atoms with Gasteiger partial charge in [-0.1, -0.05) is 0 Å². The minimum Gasteiger partial charge on any atom is -0.480 e. The standard InChI is InChI=1S/C10H12O5S/c1-10(2,7-11)15-8-3-5-9(6-4-8)16(12,13)14/h3-7H,1-2H3,(H,12,13,14). The second kappa shape index (κ2) is 4.23. The summed E-state index contributed by atoms with van der Waals surface area (Å²) in [6, 6.07) is 5.14. The molecular formula is C10H12O5S. The van der Waals surface area contributed by atoms with Crippen molar-refractivity contribution in [1.82, 2.24) is 0 Å². The molecule has 0 radical (unpaired) electrons. The first kappa shape index (κ1) is 12.7. The normalized spacial score (nSPS) is 12.2. The molecule has 5 nitrogen and oxygen atoms in total. The van der Waals surface area contributed by atoms with Gasteiger partial charge in [-0.3, -0.25) is 9.35 Å².